The summed E-state index contributed by atoms with van der Waals surface area (Å²) in [7, 11) is 0. The van der Waals surface area contributed by atoms with Gasteiger partial charge in [0.2, 0.25) is 5.79 Å². The molecular weight excluding hydrogens is 600 g/mol. The van der Waals surface area contributed by atoms with Gasteiger partial charge in [0, 0.05) is 17.7 Å². The van der Waals surface area contributed by atoms with Crippen molar-refractivity contribution in [3.05, 3.63) is 107 Å². The lowest BCUT2D eigenvalue weighted by Gasteiger charge is -2.40. The first-order valence-electron chi connectivity index (χ1n) is 14.2. The van der Waals surface area contributed by atoms with Crippen LogP contribution in [-0.2, 0) is 4.74 Å². The molecule has 0 radical (unpaired) electrons. The molecule has 2 aliphatic heterocycles. The summed E-state index contributed by atoms with van der Waals surface area (Å²) >= 11 is 0. The van der Waals surface area contributed by atoms with Crippen LogP contribution in [0.25, 0.3) is 12.2 Å². The second kappa shape index (κ2) is 13.3. The molecule has 1 unspecified atom stereocenters. The second-order valence-electron chi connectivity index (χ2n) is 11.1. The predicted octanol–water partition coefficient (Wildman–Crippen LogP) is 2.43. The minimum atomic E-state index is -2.17. The fourth-order valence-electron chi connectivity index (χ4n) is 5.40. The smallest absolute Gasteiger partial charge is 0.218 e. The summed E-state index contributed by atoms with van der Waals surface area (Å²) in [6.07, 6.45) is -1.24. The van der Waals surface area contributed by atoms with Crippen molar-refractivity contribution in [3.8, 4) is 34.5 Å². The highest BCUT2D eigenvalue weighted by Crippen LogP contribution is 2.51. The quantitative estimate of drug-likeness (QED) is 0.143. The van der Waals surface area contributed by atoms with E-state index < -0.39 is 36.8 Å². The molecule has 0 spiro atoms. The first kappa shape index (κ1) is 32.6. The van der Waals surface area contributed by atoms with Crippen molar-refractivity contribution >= 4 is 12.2 Å². The third-order valence-corrected chi connectivity index (χ3v) is 7.73. The maximum atomic E-state index is 10.1. The summed E-state index contributed by atoms with van der Waals surface area (Å²) < 4.78 is 10.8. The lowest BCUT2D eigenvalue weighted by molar-refractivity contribution is -0.331. The van der Waals surface area contributed by atoms with Crippen molar-refractivity contribution in [1.82, 2.24) is 0 Å². The van der Waals surface area contributed by atoms with E-state index in [2.05, 4.69) is 4.74 Å². The molecule has 6 rings (SSSR count). The van der Waals surface area contributed by atoms with Gasteiger partial charge in [0.25, 0.3) is 0 Å². The van der Waals surface area contributed by atoms with E-state index in [-0.39, 0.29) is 41.3 Å². The van der Waals surface area contributed by atoms with Gasteiger partial charge in [0.1, 0.15) is 58.9 Å². The van der Waals surface area contributed by atoms with Gasteiger partial charge >= 0.3 is 0 Å². The molecule has 46 heavy (non-hydrogen) atoms. The minimum absolute atomic E-state index is 0.0255. The molecule has 12 nitrogen and oxygen atoms in total. The second-order valence-corrected chi connectivity index (χ2v) is 11.1. The van der Waals surface area contributed by atoms with Crippen LogP contribution in [0.5, 0.6) is 34.5 Å². The fraction of sp³-hybridized carbons (Fsp3) is 0.235. The van der Waals surface area contributed by atoms with Crippen LogP contribution in [0.2, 0.25) is 0 Å². The number of fused-ring (bicyclic) bond motifs is 1. The lowest BCUT2D eigenvalue weighted by Crippen LogP contribution is -2.62. The van der Waals surface area contributed by atoms with Crippen molar-refractivity contribution in [2.45, 2.75) is 36.1 Å². The van der Waals surface area contributed by atoms with E-state index in [0.29, 0.717) is 16.9 Å². The average molecular weight is 635 g/mol. The Morgan fingerprint density at radius 3 is 1.87 bits per heavy atom. The van der Waals surface area contributed by atoms with Crippen molar-refractivity contribution in [1.29, 1.82) is 0 Å². The summed E-state index contributed by atoms with van der Waals surface area (Å²) in [6, 6.07) is 21.4. The highest BCUT2D eigenvalue weighted by Gasteiger charge is 2.48. The number of phenols is 5. The predicted molar refractivity (Wildman–Crippen MR) is 164 cm³/mol. The van der Waals surface area contributed by atoms with Crippen LogP contribution >= 0.6 is 0 Å². The molecule has 0 amide bonds. The molecule has 10 N–H and O–H groups in total. The van der Waals surface area contributed by atoms with Gasteiger partial charge in [-0.25, -0.2) is 0 Å². The van der Waals surface area contributed by atoms with Crippen molar-refractivity contribution in [2.24, 2.45) is 0 Å². The van der Waals surface area contributed by atoms with Crippen LogP contribution in [0.3, 0.4) is 0 Å². The van der Waals surface area contributed by atoms with E-state index in [0.717, 1.165) is 16.7 Å². The Hall–Kier alpha value is -4.82. The van der Waals surface area contributed by atoms with Gasteiger partial charge in [-0.15, -0.1) is 0 Å². The van der Waals surface area contributed by atoms with Gasteiger partial charge in [-0.05, 0) is 70.8 Å². The maximum Gasteiger partial charge on any atom is 0.218 e. The molecule has 0 saturated carbocycles. The number of rotatable bonds is 5. The third-order valence-electron chi connectivity index (χ3n) is 7.73. The highest BCUT2D eigenvalue weighted by atomic mass is 16.7. The summed E-state index contributed by atoms with van der Waals surface area (Å²) in [4.78, 5) is 0. The molecule has 2 heterocycles. The number of benzene rings is 4. The summed E-state index contributed by atoms with van der Waals surface area (Å²) in [5, 5.41) is 94.3. The number of hydrogen-bond donors (Lipinski definition) is 10. The largest absolute Gasteiger partial charge is 0.508 e. The number of ether oxygens (including phenoxy) is 2. The van der Waals surface area contributed by atoms with E-state index in [9.17, 15) is 30.6 Å². The SMILES string of the molecule is OCC1(O)OC[C@@H](O)[C@H](O)[C@@H]1O.Oc1ccc([C@H]2Oc3ccc(/C=C/c4cc(O)cc(O)c4)cc3[C@@H]2c2cc(O)cc(O)c2)cc1. The highest BCUT2D eigenvalue weighted by molar-refractivity contribution is 5.72. The van der Waals surface area contributed by atoms with E-state index in [4.69, 9.17) is 25.2 Å². The van der Waals surface area contributed by atoms with Crippen LogP contribution in [0.15, 0.2) is 78.9 Å². The monoisotopic (exact) mass is 634 g/mol. The van der Waals surface area contributed by atoms with Gasteiger partial charge in [-0.2, -0.15) is 0 Å². The summed E-state index contributed by atoms with van der Waals surface area (Å²) in [6.45, 7) is -1.16. The molecule has 12 heteroatoms. The molecule has 242 valence electrons. The van der Waals surface area contributed by atoms with E-state index in [1.165, 1.54) is 12.1 Å². The molecule has 0 aliphatic carbocycles. The Balaban J connectivity index is 0.000000293. The molecule has 2 aliphatic rings. The number of aliphatic hydroxyl groups excluding tert-OH is 4. The summed E-state index contributed by atoms with van der Waals surface area (Å²) in [5.41, 5.74) is 3.92. The van der Waals surface area contributed by atoms with Gasteiger partial charge in [0.05, 0.1) is 19.1 Å². The number of phenolic OH excluding ortho intramolecular Hbond substituents is 5. The number of aliphatic hydroxyl groups is 5. The fourth-order valence-corrected chi connectivity index (χ4v) is 5.40. The number of aromatic hydroxyl groups is 5. The van der Waals surface area contributed by atoms with E-state index >= 15 is 0 Å². The Kier molecular flexibility index (Phi) is 9.39. The van der Waals surface area contributed by atoms with Crippen LogP contribution in [-0.4, -0.2) is 88.4 Å². The van der Waals surface area contributed by atoms with Gasteiger partial charge in [-0.3, -0.25) is 0 Å². The normalized spacial score (nSPS) is 25.4. The summed E-state index contributed by atoms with van der Waals surface area (Å²) in [5.74, 6) is -1.81. The Morgan fingerprint density at radius 2 is 1.26 bits per heavy atom. The topological polar surface area (TPSA) is 221 Å². The van der Waals surface area contributed by atoms with Crippen LogP contribution in [0.1, 0.15) is 39.8 Å². The molecule has 1 fully saturated rings. The van der Waals surface area contributed by atoms with Crippen LogP contribution in [0.4, 0.5) is 0 Å². The molecule has 1 saturated heterocycles. The van der Waals surface area contributed by atoms with Crippen molar-refractivity contribution < 1.29 is 60.5 Å². The number of hydrogen-bond acceptors (Lipinski definition) is 12. The molecular formula is C34H34O12. The average Bonchev–Trinajstić information content (AvgIpc) is 3.40. The zero-order valence-electron chi connectivity index (χ0n) is 24.2. The van der Waals surface area contributed by atoms with Crippen molar-refractivity contribution in [3.63, 3.8) is 0 Å². The molecule has 0 aromatic heterocycles. The standard InChI is InChI=1S/C28H22O6.C6H12O6/c29-20-6-4-18(5-7-20)28-27(19-12-23(32)15-24(33)13-19)25-11-16(3-8-26(25)34-28)1-2-17-9-21(30)14-22(31)10-17;7-2-6(11)5(10)4(9)3(8)1-12-6/h1-15,27-33H;3-5,7-11H,1-2H2/b2-1+;/t27-,28+;3-,4+,5+,6?/m01/s1. The van der Waals surface area contributed by atoms with E-state index in [1.807, 2.05) is 24.3 Å². The Bertz CT molecular complexity index is 1660. The molecule has 0 bridgehead atoms. The van der Waals surface area contributed by atoms with Crippen LogP contribution < -0.4 is 4.74 Å². The minimum Gasteiger partial charge on any atom is -0.508 e. The zero-order valence-corrected chi connectivity index (χ0v) is 24.2. The molecule has 4 aromatic rings. The van der Waals surface area contributed by atoms with E-state index in [1.54, 1.807) is 54.6 Å². The van der Waals surface area contributed by atoms with Crippen LogP contribution in [0, 0.1) is 0 Å². The zero-order chi connectivity index (χ0) is 33.2. The first-order chi connectivity index (χ1) is 21.9. The van der Waals surface area contributed by atoms with Gasteiger partial charge < -0.3 is 60.5 Å². The first-order valence-corrected chi connectivity index (χ1v) is 14.2. The molecule has 4 aromatic carbocycles. The molecule has 6 atom stereocenters. The van der Waals surface area contributed by atoms with Gasteiger partial charge in [0.15, 0.2) is 0 Å². The maximum absolute atomic E-state index is 10.1. The van der Waals surface area contributed by atoms with Gasteiger partial charge in [-0.1, -0.05) is 30.4 Å². The third kappa shape index (κ3) is 7.02. The Labute approximate surface area is 263 Å². The lowest BCUT2D eigenvalue weighted by atomic mass is 9.84. The Morgan fingerprint density at radius 1 is 0.674 bits per heavy atom. The van der Waals surface area contributed by atoms with Crippen molar-refractivity contribution in [2.75, 3.05) is 13.2 Å².